The van der Waals surface area contributed by atoms with Gasteiger partial charge in [0.05, 0.1) is 11.9 Å². The third kappa shape index (κ3) is 3.98. The first-order valence-electron chi connectivity index (χ1n) is 4.89. The monoisotopic (exact) mass is 283 g/mol. The van der Waals surface area contributed by atoms with Gasteiger partial charge in [-0.1, -0.05) is 11.6 Å². The second-order valence-electron chi connectivity index (χ2n) is 3.64. The van der Waals surface area contributed by atoms with Crippen molar-refractivity contribution in [2.45, 2.75) is 19.8 Å². The summed E-state index contributed by atoms with van der Waals surface area (Å²) < 4.78 is 0. The van der Waals surface area contributed by atoms with E-state index in [-0.39, 0.29) is 24.8 Å². The fourth-order valence-electron chi connectivity index (χ4n) is 1.63. The van der Waals surface area contributed by atoms with Crippen LogP contribution in [0.4, 0.5) is 5.69 Å². The number of hydrogen-bond donors (Lipinski definition) is 1. The van der Waals surface area contributed by atoms with Crippen LogP contribution in [0, 0.1) is 6.92 Å². The normalized spacial score (nSPS) is 15.1. The Balaban J connectivity index is 0.00000112. The van der Waals surface area contributed by atoms with Crippen molar-refractivity contribution in [2.24, 2.45) is 0 Å². The number of nitrogens with one attached hydrogen (secondary N) is 1. The average Bonchev–Trinajstić information content (AvgIpc) is 2.64. The van der Waals surface area contributed by atoms with Crippen LogP contribution in [0.15, 0.2) is 12.3 Å². The molecule has 1 saturated heterocycles. The van der Waals surface area contributed by atoms with E-state index in [9.17, 15) is 0 Å². The van der Waals surface area contributed by atoms with Crippen LogP contribution in [0.3, 0.4) is 0 Å². The highest BCUT2D eigenvalue weighted by atomic mass is 35.5. The molecule has 1 N–H and O–H groups in total. The van der Waals surface area contributed by atoms with Crippen LogP contribution < -0.4 is 5.43 Å². The topological polar surface area (TPSA) is 28.2 Å². The molecule has 1 aromatic rings. The predicted octanol–water partition coefficient (Wildman–Crippen LogP) is 3.31. The Morgan fingerprint density at radius 3 is 2.50 bits per heavy atom. The Kier molecular flexibility index (Phi) is 7.07. The molecule has 1 fully saturated rings. The van der Waals surface area contributed by atoms with Crippen LogP contribution in [-0.4, -0.2) is 23.1 Å². The predicted molar refractivity (Wildman–Crippen MR) is 72.9 cm³/mol. The van der Waals surface area contributed by atoms with Crippen molar-refractivity contribution >= 4 is 42.1 Å². The van der Waals surface area contributed by atoms with Crippen molar-refractivity contribution in [1.82, 2.24) is 9.99 Å². The lowest BCUT2D eigenvalue weighted by molar-refractivity contribution is 0.410. The SMILES string of the molecule is Cc1cc(NN2CCCC2)cnc1Cl.Cl.Cl. The Morgan fingerprint density at radius 2 is 1.94 bits per heavy atom. The van der Waals surface area contributed by atoms with Crippen LogP contribution in [0.1, 0.15) is 18.4 Å². The molecule has 0 aliphatic carbocycles. The molecule has 92 valence electrons. The van der Waals surface area contributed by atoms with Gasteiger partial charge in [0.1, 0.15) is 5.15 Å². The third-order valence-electron chi connectivity index (χ3n) is 2.41. The second-order valence-corrected chi connectivity index (χ2v) is 4.00. The highest BCUT2D eigenvalue weighted by molar-refractivity contribution is 6.30. The lowest BCUT2D eigenvalue weighted by atomic mass is 10.3. The first-order valence-corrected chi connectivity index (χ1v) is 5.27. The van der Waals surface area contributed by atoms with Crippen LogP contribution in [-0.2, 0) is 0 Å². The number of halogens is 3. The molecular weight excluding hydrogens is 268 g/mol. The van der Waals surface area contributed by atoms with Gasteiger partial charge in [0, 0.05) is 13.1 Å². The van der Waals surface area contributed by atoms with Crippen molar-refractivity contribution < 1.29 is 0 Å². The van der Waals surface area contributed by atoms with Gasteiger partial charge in [0.2, 0.25) is 0 Å². The largest absolute Gasteiger partial charge is 0.317 e. The van der Waals surface area contributed by atoms with Crippen molar-refractivity contribution in [3.05, 3.63) is 23.0 Å². The van der Waals surface area contributed by atoms with Gasteiger partial charge in [0.25, 0.3) is 0 Å². The molecule has 1 aliphatic heterocycles. The summed E-state index contributed by atoms with van der Waals surface area (Å²) in [7, 11) is 0. The lowest BCUT2D eigenvalue weighted by Gasteiger charge is -2.17. The number of aromatic nitrogens is 1. The van der Waals surface area contributed by atoms with Crippen LogP contribution in [0.2, 0.25) is 5.15 Å². The molecule has 0 atom stereocenters. The van der Waals surface area contributed by atoms with Crippen LogP contribution in [0.25, 0.3) is 0 Å². The standard InChI is InChI=1S/C10H14ClN3.2ClH/c1-8-6-9(7-12-10(8)11)13-14-4-2-3-5-14;;/h6-7,13H,2-5H2,1H3;2*1H. The number of anilines is 1. The molecule has 2 rings (SSSR count). The van der Waals surface area contributed by atoms with E-state index in [4.69, 9.17) is 11.6 Å². The van der Waals surface area contributed by atoms with Gasteiger partial charge >= 0.3 is 0 Å². The van der Waals surface area contributed by atoms with E-state index in [0.29, 0.717) is 5.15 Å². The van der Waals surface area contributed by atoms with Crippen molar-refractivity contribution in [2.75, 3.05) is 18.5 Å². The maximum atomic E-state index is 5.84. The molecule has 0 bridgehead atoms. The van der Waals surface area contributed by atoms with E-state index in [1.54, 1.807) is 6.20 Å². The Bertz CT molecular complexity index is 327. The van der Waals surface area contributed by atoms with Gasteiger partial charge in [-0.2, -0.15) is 0 Å². The molecule has 0 unspecified atom stereocenters. The van der Waals surface area contributed by atoms with Gasteiger partial charge in [-0.25, -0.2) is 9.99 Å². The van der Waals surface area contributed by atoms with Gasteiger partial charge in [0.15, 0.2) is 0 Å². The highest BCUT2D eigenvalue weighted by Gasteiger charge is 2.11. The number of aryl methyl sites for hydroxylation is 1. The van der Waals surface area contributed by atoms with E-state index in [2.05, 4.69) is 15.4 Å². The number of hydrogen-bond acceptors (Lipinski definition) is 3. The fourth-order valence-corrected chi connectivity index (χ4v) is 1.73. The third-order valence-corrected chi connectivity index (χ3v) is 2.80. The zero-order valence-corrected chi connectivity index (χ0v) is 11.5. The molecule has 0 saturated carbocycles. The summed E-state index contributed by atoms with van der Waals surface area (Å²) in [6.45, 7) is 4.19. The van der Waals surface area contributed by atoms with Gasteiger partial charge in [-0.3, -0.25) is 0 Å². The summed E-state index contributed by atoms with van der Waals surface area (Å²) in [6, 6.07) is 2.02. The quantitative estimate of drug-likeness (QED) is 0.845. The number of hydrazine groups is 1. The van der Waals surface area contributed by atoms with E-state index in [1.165, 1.54) is 12.8 Å². The van der Waals surface area contributed by atoms with Gasteiger partial charge in [-0.05, 0) is 31.4 Å². The number of rotatable bonds is 2. The molecule has 0 radical (unpaired) electrons. The van der Waals surface area contributed by atoms with Crippen molar-refractivity contribution in [3.8, 4) is 0 Å². The van der Waals surface area contributed by atoms with Crippen LogP contribution in [0.5, 0.6) is 0 Å². The Hall–Kier alpha value is -0.220. The second kappa shape index (κ2) is 7.17. The summed E-state index contributed by atoms with van der Waals surface area (Å²) in [5, 5.41) is 2.79. The summed E-state index contributed by atoms with van der Waals surface area (Å²) in [4.78, 5) is 4.10. The fraction of sp³-hybridized carbons (Fsp3) is 0.500. The molecule has 0 aromatic carbocycles. The molecule has 6 heteroatoms. The maximum absolute atomic E-state index is 5.84. The molecule has 0 amide bonds. The maximum Gasteiger partial charge on any atom is 0.132 e. The first-order chi connectivity index (χ1) is 6.75. The number of pyridine rings is 1. The minimum atomic E-state index is 0. The Labute approximate surface area is 113 Å². The van der Waals surface area contributed by atoms with Crippen molar-refractivity contribution in [3.63, 3.8) is 0 Å². The van der Waals surface area contributed by atoms with Gasteiger partial charge < -0.3 is 5.43 Å². The highest BCUT2D eigenvalue weighted by Crippen LogP contribution is 2.17. The summed E-state index contributed by atoms with van der Waals surface area (Å²) in [5.74, 6) is 0. The number of nitrogens with zero attached hydrogens (tertiary/aromatic N) is 2. The zero-order chi connectivity index (χ0) is 9.97. The molecule has 1 aliphatic rings. The van der Waals surface area contributed by atoms with E-state index in [0.717, 1.165) is 24.3 Å². The van der Waals surface area contributed by atoms with E-state index in [1.807, 2.05) is 13.0 Å². The molecule has 16 heavy (non-hydrogen) atoms. The van der Waals surface area contributed by atoms with Crippen molar-refractivity contribution in [1.29, 1.82) is 0 Å². The average molecular weight is 285 g/mol. The lowest BCUT2D eigenvalue weighted by Crippen LogP contribution is -2.26. The minimum Gasteiger partial charge on any atom is -0.317 e. The van der Waals surface area contributed by atoms with Crippen LogP contribution >= 0.6 is 36.4 Å². The first kappa shape index (κ1) is 15.8. The summed E-state index contributed by atoms with van der Waals surface area (Å²) in [6.07, 6.45) is 4.31. The smallest absolute Gasteiger partial charge is 0.132 e. The minimum absolute atomic E-state index is 0. The van der Waals surface area contributed by atoms with Gasteiger partial charge in [-0.15, -0.1) is 24.8 Å². The molecule has 1 aromatic heterocycles. The summed E-state index contributed by atoms with van der Waals surface area (Å²) in [5.41, 5.74) is 5.35. The Morgan fingerprint density at radius 1 is 1.31 bits per heavy atom. The molecular formula is C10H16Cl3N3. The molecule has 0 spiro atoms. The summed E-state index contributed by atoms with van der Waals surface area (Å²) >= 11 is 5.84. The van der Waals surface area contributed by atoms with E-state index >= 15 is 0 Å². The van der Waals surface area contributed by atoms with E-state index < -0.39 is 0 Å². The zero-order valence-electron chi connectivity index (χ0n) is 9.07. The molecule has 2 heterocycles. The molecule has 3 nitrogen and oxygen atoms in total.